The molecule has 0 saturated heterocycles. The first-order valence-corrected chi connectivity index (χ1v) is 19.4. The second kappa shape index (κ2) is 13.2. The van der Waals surface area contributed by atoms with E-state index in [0.717, 1.165) is 5.56 Å². The van der Waals surface area contributed by atoms with E-state index in [-0.39, 0.29) is 10.2 Å². The van der Waals surface area contributed by atoms with E-state index in [1.165, 1.54) is 51.8 Å². The zero-order chi connectivity index (χ0) is 22.6. The molecule has 0 radical (unpaired) electrons. The van der Waals surface area contributed by atoms with Gasteiger partial charge in [-0.25, -0.2) is 0 Å². The summed E-state index contributed by atoms with van der Waals surface area (Å²) in [6, 6.07) is 10.1. The van der Waals surface area contributed by atoms with Gasteiger partial charge in [0, 0.05) is 0 Å². The first kappa shape index (κ1) is 26.8. The number of amides is 1. The molecule has 1 atom stereocenters. The predicted molar refractivity (Wildman–Crippen MR) is 128 cm³/mol. The number of carbonyl (C=O) groups excluding carboxylic acids is 1. The SMILES string of the molecule is CCC[CH2][Sn]([CH2]CCC)([CH2]CCC)[CH](NC(=O)OC(C)(C)C)c1cccc(C#N)c1. The number of alkyl carbamates (subject to hydrolysis) is 1. The van der Waals surface area contributed by atoms with Crippen molar-refractivity contribution >= 4 is 24.5 Å². The van der Waals surface area contributed by atoms with Gasteiger partial charge in [-0.3, -0.25) is 0 Å². The van der Waals surface area contributed by atoms with Crippen molar-refractivity contribution in [3.8, 4) is 6.07 Å². The number of carbonyl (C=O) groups is 1. The van der Waals surface area contributed by atoms with Crippen molar-refractivity contribution in [3.63, 3.8) is 0 Å². The van der Waals surface area contributed by atoms with Gasteiger partial charge < -0.3 is 0 Å². The molecule has 0 aliphatic heterocycles. The van der Waals surface area contributed by atoms with Crippen LogP contribution in [0.2, 0.25) is 13.3 Å². The van der Waals surface area contributed by atoms with Gasteiger partial charge in [0.2, 0.25) is 0 Å². The molecule has 0 fully saturated rings. The minimum atomic E-state index is -2.88. The molecule has 0 heterocycles. The molecule has 168 valence electrons. The fourth-order valence-corrected chi connectivity index (χ4v) is 21.6. The topological polar surface area (TPSA) is 62.1 Å². The van der Waals surface area contributed by atoms with Gasteiger partial charge in [0.15, 0.2) is 0 Å². The molecule has 1 aromatic rings. The Hall–Kier alpha value is -1.22. The number of ether oxygens (including phenoxy) is 1. The molecular weight excluding hydrogens is 479 g/mol. The second-order valence-corrected chi connectivity index (χ2v) is 23.2. The van der Waals surface area contributed by atoms with Gasteiger partial charge in [0.1, 0.15) is 0 Å². The van der Waals surface area contributed by atoms with Crippen LogP contribution in [0.5, 0.6) is 0 Å². The Labute approximate surface area is 188 Å². The fraction of sp³-hybridized carbons (Fsp3) is 0.680. The van der Waals surface area contributed by atoms with Crippen LogP contribution < -0.4 is 5.32 Å². The average molecular weight is 521 g/mol. The van der Waals surface area contributed by atoms with Crippen LogP contribution in [0.15, 0.2) is 24.3 Å². The summed E-state index contributed by atoms with van der Waals surface area (Å²) < 4.78 is 9.51. The maximum atomic E-state index is 12.9. The van der Waals surface area contributed by atoms with Gasteiger partial charge in [0.25, 0.3) is 0 Å². The van der Waals surface area contributed by atoms with Gasteiger partial charge in [-0.15, -0.1) is 0 Å². The number of hydrogen-bond acceptors (Lipinski definition) is 3. The molecule has 1 amide bonds. The first-order valence-electron chi connectivity index (χ1n) is 11.7. The number of rotatable bonds is 12. The van der Waals surface area contributed by atoms with Crippen LogP contribution in [0, 0.1) is 11.3 Å². The van der Waals surface area contributed by atoms with E-state index in [9.17, 15) is 10.1 Å². The molecule has 1 aromatic carbocycles. The molecule has 0 saturated carbocycles. The van der Waals surface area contributed by atoms with Gasteiger partial charge >= 0.3 is 189 Å². The van der Waals surface area contributed by atoms with Crippen LogP contribution in [0.1, 0.15) is 95.3 Å². The van der Waals surface area contributed by atoms with Crippen LogP contribution >= 0.6 is 0 Å². The summed E-state index contributed by atoms with van der Waals surface area (Å²) in [5.74, 6) is 0. The summed E-state index contributed by atoms with van der Waals surface area (Å²) in [6.45, 7) is 12.5. The third-order valence-corrected chi connectivity index (χ3v) is 22.1. The average Bonchev–Trinajstić information content (AvgIpc) is 2.70. The van der Waals surface area contributed by atoms with Gasteiger partial charge in [-0.2, -0.15) is 0 Å². The van der Waals surface area contributed by atoms with Crippen molar-refractivity contribution in [2.75, 3.05) is 0 Å². The van der Waals surface area contributed by atoms with Crippen molar-refractivity contribution in [1.82, 2.24) is 5.32 Å². The molecule has 1 rings (SSSR count). The standard InChI is InChI=1S/C13H15N2O2.3C4H9.Sn/c1-13(2,3)17-12(16)15-9-11-6-4-5-10(7-11)8-14;3*1-3-4-2;/h4-7,9H,1-3H3,(H,15,16);3*1,3-4H2,2H3;. The van der Waals surface area contributed by atoms with Crippen LogP contribution in [0.4, 0.5) is 4.79 Å². The molecule has 0 aliphatic carbocycles. The van der Waals surface area contributed by atoms with Crippen LogP contribution in [0.25, 0.3) is 0 Å². The van der Waals surface area contributed by atoms with Crippen molar-refractivity contribution in [2.24, 2.45) is 0 Å². The van der Waals surface area contributed by atoms with E-state index < -0.39 is 24.0 Å². The Morgan fingerprint density at radius 2 is 1.60 bits per heavy atom. The van der Waals surface area contributed by atoms with E-state index >= 15 is 0 Å². The Bertz CT molecular complexity index is 669. The maximum absolute atomic E-state index is 12.9. The van der Waals surface area contributed by atoms with Crippen LogP contribution in [0.3, 0.4) is 0 Å². The fourth-order valence-electron chi connectivity index (χ4n) is 4.20. The quantitative estimate of drug-likeness (QED) is 0.290. The summed E-state index contributed by atoms with van der Waals surface area (Å²) in [6.07, 6.45) is 6.84. The van der Waals surface area contributed by atoms with Crippen molar-refractivity contribution < 1.29 is 9.53 Å². The Morgan fingerprint density at radius 3 is 2.03 bits per heavy atom. The second-order valence-electron chi connectivity index (χ2n) is 9.49. The summed E-state index contributed by atoms with van der Waals surface area (Å²) in [5, 5.41) is 12.8. The molecule has 0 aliphatic rings. The predicted octanol–water partition coefficient (Wildman–Crippen LogP) is 7.51. The van der Waals surface area contributed by atoms with Gasteiger partial charge in [0.05, 0.1) is 0 Å². The summed E-state index contributed by atoms with van der Waals surface area (Å²) in [5.41, 5.74) is 1.22. The van der Waals surface area contributed by atoms with E-state index in [1.54, 1.807) is 0 Å². The molecule has 0 bridgehead atoms. The van der Waals surface area contributed by atoms with E-state index in [4.69, 9.17) is 4.74 Å². The van der Waals surface area contributed by atoms with Crippen molar-refractivity contribution in [3.05, 3.63) is 35.4 Å². The first-order chi connectivity index (χ1) is 14.2. The monoisotopic (exact) mass is 522 g/mol. The molecular formula is C25H42N2O2Sn. The van der Waals surface area contributed by atoms with E-state index in [0.29, 0.717) is 5.56 Å². The number of nitrogens with zero attached hydrogens (tertiary/aromatic N) is 1. The molecule has 1 N–H and O–H groups in total. The summed E-state index contributed by atoms with van der Waals surface area (Å²) in [7, 11) is 0. The molecule has 30 heavy (non-hydrogen) atoms. The Kier molecular flexibility index (Phi) is 11.8. The third-order valence-electron chi connectivity index (χ3n) is 5.71. The number of nitriles is 1. The van der Waals surface area contributed by atoms with Crippen LogP contribution in [-0.2, 0) is 4.74 Å². The molecule has 1 unspecified atom stereocenters. The number of benzene rings is 1. The molecule has 4 nitrogen and oxygen atoms in total. The van der Waals surface area contributed by atoms with E-state index in [1.807, 2.05) is 39.0 Å². The normalized spacial score (nSPS) is 12.8. The summed E-state index contributed by atoms with van der Waals surface area (Å²) in [4.78, 5) is 12.9. The number of hydrogen-bond donors (Lipinski definition) is 1. The van der Waals surface area contributed by atoms with Gasteiger partial charge in [-0.05, 0) is 0 Å². The zero-order valence-electron chi connectivity index (χ0n) is 20.0. The van der Waals surface area contributed by atoms with E-state index in [2.05, 4.69) is 38.2 Å². The third kappa shape index (κ3) is 8.88. The summed E-state index contributed by atoms with van der Waals surface area (Å²) >= 11 is -2.88. The Balaban J connectivity index is 3.46. The molecule has 0 aromatic heterocycles. The molecule has 5 heteroatoms. The van der Waals surface area contributed by atoms with Crippen LogP contribution in [-0.4, -0.2) is 30.1 Å². The van der Waals surface area contributed by atoms with Gasteiger partial charge in [-0.1, -0.05) is 0 Å². The number of nitrogens with one attached hydrogen (secondary N) is 1. The zero-order valence-corrected chi connectivity index (χ0v) is 22.9. The minimum absolute atomic E-state index is 0.0344. The number of unbranched alkanes of at least 4 members (excludes halogenated alkanes) is 3. The Morgan fingerprint density at radius 1 is 1.07 bits per heavy atom. The van der Waals surface area contributed by atoms with Crippen molar-refractivity contribution in [1.29, 1.82) is 5.26 Å². The van der Waals surface area contributed by atoms with Crippen molar-refractivity contribution in [2.45, 2.75) is 103 Å². The molecule has 0 spiro atoms.